The van der Waals surface area contributed by atoms with Gasteiger partial charge < -0.3 is 20.3 Å². The number of nitrogens with zero attached hydrogens (tertiary/aromatic N) is 4. The summed E-state index contributed by atoms with van der Waals surface area (Å²) in [6.45, 7) is 1.92. The first-order valence-electron chi connectivity index (χ1n) is 10.2. The molecule has 1 atom stereocenters. The van der Waals surface area contributed by atoms with Gasteiger partial charge in [0.05, 0.1) is 18.3 Å². The molecule has 1 aromatic heterocycles. The zero-order chi connectivity index (χ0) is 20.4. The molecule has 31 heavy (non-hydrogen) atoms. The third-order valence-electron chi connectivity index (χ3n) is 5.93. The molecule has 0 unspecified atom stereocenters. The van der Waals surface area contributed by atoms with Crippen molar-refractivity contribution >= 4 is 36.7 Å². The van der Waals surface area contributed by atoms with Gasteiger partial charge in [-0.3, -0.25) is 4.79 Å². The quantitative estimate of drug-likeness (QED) is 0.742. The Morgan fingerprint density at radius 1 is 1.23 bits per heavy atom. The highest BCUT2D eigenvalue weighted by molar-refractivity contribution is 5.85. The predicted octanol–water partition coefficient (Wildman–Crippen LogP) is 2.35. The van der Waals surface area contributed by atoms with Crippen LogP contribution in [-0.4, -0.2) is 60.6 Å². The Morgan fingerprint density at radius 2 is 1.90 bits per heavy atom. The smallest absolute Gasteiger partial charge is 0.239 e. The molecule has 1 amide bonds. The molecule has 1 aromatic carbocycles. The summed E-state index contributed by atoms with van der Waals surface area (Å²) < 4.78 is 6.27. The van der Waals surface area contributed by atoms with Gasteiger partial charge in [0.25, 0.3) is 0 Å². The lowest BCUT2D eigenvalue weighted by molar-refractivity contribution is -0.142. The molecule has 0 radical (unpaired) electrons. The van der Waals surface area contributed by atoms with E-state index in [1.807, 2.05) is 60.4 Å². The number of fused-ring (bicyclic) bond motifs is 2. The largest absolute Gasteiger partial charge is 0.368 e. The van der Waals surface area contributed by atoms with E-state index in [2.05, 4.69) is 4.98 Å². The van der Waals surface area contributed by atoms with Gasteiger partial charge in [0.1, 0.15) is 5.60 Å². The highest BCUT2D eigenvalue weighted by Crippen LogP contribution is 2.40. The Balaban J connectivity index is 0.00000171. The lowest BCUT2D eigenvalue weighted by Crippen LogP contribution is -2.53. The molecule has 1 fully saturated rings. The van der Waals surface area contributed by atoms with Crippen molar-refractivity contribution < 1.29 is 9.53 Å². The van der Waals surface area contributed by atoms with Crippen molar-refractivity contribution in [2.24, 2.45) is 5.73 Å². The Hall–Kier alpha value is -1.93. The molecule has 2 aliphatic rings. The second-order valence-corrected chi connectivity index (χ2v) is 8.15. The second kappa shape index (κ2) is 10.6. The first-order chi connectivity index (χ1) is 14.0. The minimum Gasteiger partial charge on any atom is -0.368 e. The number of benzene rings is 1. The number of likely N-dealkylation sites (tertiary alicyclic amines) is 1. The maximum Gasteiger partial charge on any atom is 0.239 e. The summed E-state index contributed by atoms with van der Waals surface area (Å²) >= 11 is 0. The summed E-state index contributed by atoms with van der Waals surface area (Å²) in [4.78, 5) is 25.9. The van der Waals surface area contributed by atoms with Crippen molar-refractivity contribution in [2.45, 2.75) is 37.3 Å². The van der Waals surface area contributed by atoms with Gasteiger partial charge in [-0.25, -0.2) is 9.97 Å². The monoisotopic (exact) mass is 467 g/mol. The molecule has 9 heteroatoms. The van der Waals surface area contributed by atoms with E-state index in [9.17, 15) is 4.79 Å². The van der Waals surface area contributed by atoms with E-state index in [1.54, 1.807) is 0 Å². The van der Waals surface area contributed by atoms with E-state index >= 15 is 0 Å². The number of ether oxygens (including phenoxy) is 1. The fraction of sp³-hybridized carbons (Fsp3) is 0.500. The molecule has 0 aliphatic carbocycles. The molecule has 0 bridgehead atoms. The van der Waals surface area contributed by atoms with Crippen LogP contribution >= 0.6 is 24.8 Å². The molecule has 1 spiro atoms. The number of anilines is 1. The van der Waals surface area contributed by atoms with E-state index in [1.165, 1.54) is 0 Å². The minimum atomic E-state index is -0.520. The normalized spacial score (nSPS) is 17.7. The van der Waals surface area contributed by atoms with E-state index in [4.69, 9.17) is 15.5 Å². The maximum atomic E-state index is 12.9. The number of hydrogen-bond donors (Lipinski definition) is 1. The third-order valence-corrected chi connectivity index (χ3v) is 5.93. The van der Waals surface area contributed by atoms with Crippen molar-refractivity contribution in [3.05, 3.63) is 53.3 Å². The van der Waals surface area contributed by atoms with Crippen LogP contribution in [0.15, 0.2) is 36.5 Å². The summed E-state index contributed by atoms with van der Waals surface area (Å²) in [7, 11) is 3.88. The highest BCUT2D eigenvalue weighted by Gasteiger charge is 2.43. The molecular weight excluding hydrogens is 437 g/mol. The van der Waals surface area contributed by atoms with Crippen LogP contribution in [0.4, 0.5) is 5.95 Å². The van der Waals surface area contributed by atoms with Crippen LogP contribution in [0.3, 0.4) is 0 Å². The number of nitrogens with two attached hydrogens (primary N) is 1. The second-order valence-electron chi connectivity index (χ2n) is 8.15. The molecular formula is C22H31Cl2N5O2. The molecule has 3 heterocycles. The molecule has 1 saturated heterocycles. The standard InChI is InChI=1S/C22H29N5O2.2ClH/c1-26(2)21-24-15-17-8-13-29-22(19(17)25-21)9-11-27(12-10-22)20(28)18(23)14-16-6-4-3-5-7-16;;/h3-7,15,18H,8-14,23H2,1-2H3;2*1H/t18-;;/m1../s1. The van der Waals surface area contributed by atoms with E-state index in [-0.39, 0.29) is 30.7 Å². The van der Waals surface area contributed by atoms with Crippen molar-refractivity contribution in [3.63, 3.8) is 0 Å². The van der Waals surface area contributed by atoms with E-state index in [0.29, 0.717) is 32.1 Å². The van der Waals surface area contributed by atoms with Crippen LogP contribution < -0.4 is 10.6 Å². The lowest BCUT2D eigenvalue weighted by Gasteiger charge is -2.44. The van der Waals surface area contributed by atoms with E-state index < -0.39 is 11.6 Å². The molecule has 170 valence electrons. The molecule has 0 saturated carbocycles. The average Bonchev–Trinajstić information content (AvgIpc) is 2.74. The van der Waals surface area contributed by atoms with Crippen LogP contribution in [0.25, 0.3) is 0 Å². The molecule has 2 aliphatic heterocycles. The number of halogens is 2. The summed E-state index contributed by atoms with van der Waals surface area (Å²) in [6.07, 6.45) is 4.77. The summed E-state index contributed by atoms with van der Waals surface area (Å²) in [6, 6.07) is 9.40. The van der Waals surface area contributed by atoms with Gasteiger partial charge in [0.15, 0.2) is 0 Å². The number of aromatic nitrogens is 2. The number of carbonyl (C=O) groups excluding carboxylic acids is 1. The Morgan fingerprint density at radius 3 is 2.55 bits per heavy atom. The topological polar surface area (TPSA) is 84.6 Å². The van der Waals surface area contributed by atoms with Crippen LogP contribution in [0.5, 0.6) is 0 Å². The predicted molar refractivity (Wildman–Crippen MR) is 126 cm³/mol. The van der Waals surface area contributed by atoms with Gasteiger partial charge in [0.2, 0.25) is 11.9 Å². The summed E-state index contributed by atoms with van der Waals surface area (Å²) in [5.41, 5.74) is 9.03. The van der Waals surface area contributed by atoms with E-state index in [0.717, 1.165) is 36.1 Å². The third kappa shape index (κ3) is 5.29. The lowest BCUT2D eigenvalue weighted by atomic mass is 9.83. The molecule has 7 nitrogen and oxygen atoms in total. The van der Waals surface area contributed by atoms with Crippen molar-refractivity contribution in [2.75, 3.05) is 38.7 Å². The highest BCUT2D eigenvalue weighted by atomic mass is 35.5. The zero-order valence-electron chi connectivity index (χ0n) is 18.0. The number of hydrogen-bond acceptors (Lipinski definition) is 6. The first-order valence-corrected chi connectivity index (χ1v) is 10.2. The number of carbonyl (C=O) groups is 1. The van der Waals surface area contributed by atoms with Crippen LogP contribution in [-0.2, 0) is 28.0 Å². The van der Waals surface area contributed by atoms with Gasteiger partial charge in [-0.1, -0.05) is 30.3 Å². The fourth-order valence-corrected chi connectivity index (χ4v) is 4.27. The molecule has 4 rings (SSSR count). The zero-order valence-corrected chi connectivity index (χ0v) is 19.6. The van der Waals surface area contributed by atoms with Gasteiger partial charge in [-0.15, -0.1) is 24.8 Å². The van der Waals surface area contributed by atoms with Gasteiger partial charge in [-0.2, -0.15) is 0 Å². The van der Waals surface area contributed by atoms with Crippen molar-refractivity contribution in [3.8, 4) is 0 Å². The Bertz CT molecular complexity index is 873. The molecule has 2 N–H and O–H groups in total. The van der Waals surface area contributed by atoms with Gasteiger partial charge >= 0.3 is 0 Å². The maximum absolute atomic E-state index is 12.9. The fourth-order valence-electron chi connectivity index (χ4n) is 4.27. The minimum absolute atomic E-state index is 0. The SMILES string of the molecule is CN(C)c1ncc2c(n1)C1(CCN(C(=O)[C@H](N)Cc3ccccc3)CC1)OCC2.Cl.Cl. The van der Waals surface area contributed by atoms with Gasteiger partial charge in [0, 0.05) is 33.4 Å². The average molecular weight is 468 g/mol. The van der Waals surface area contributed by atoms with Crippen molar-refractivity contribution in [1.29, 1.82) is 0 Å². The Kier molecular flexibility index (Phi) is 8.65. The van der Waals surface area contributed by atoms with Crippen molar-refractivity contribution in [1.82, 2.24) is 14.9 Å². The summed E-state index contributed by atoms with van der Waals surface area (Å²) in [5, 5.41) is 0. The van der Waals surface area contributed by atoms with Gasteiger partial charge in [-0.05, 0) is 36.8 Å². The summed E-state index contributed by atoms with van der Waals surface area (Å²) in [5.74, 6) is 0.702. The number of piperidine rings is 1. The van der Waals surface area contributed by atoms with Crippen LogP contribution in [0.2, 0.25) is 0 Å². The van der Waals surface area contributed by atoms with Crippen LogP contribution in [0, 0.1) is 0 Å². The number of rotatable bonds is 4. The first kappa shape index (κ1) is 25.3. The number of amides is 1. The van der Waals surface area contributed by atoms with Crippen LogP contribution in [0.1, 0.15) is 29.7 Å². The molecule has 2 aromatic rings. The Labute approximate surface area is 196 Å².